The molecule has 1 atom stereocenters. The van der Waals surface area contributed by atoms with Gasteiger partial charge in [0, 0.05) is 0 Å². The van der Waals surface area contributed by atoms with Gasteiger partial charge in [-0.15, -0.1) is 0 Å². The van der Waals surface area contributed by atoms with Gasteiger partial charge in [-0.05, 0) is 19.3 Å². The third-order valence-corrected chi connectivity index (χ3v) is 2.83. The maximum absolute atomic E-state index is 9.23. The first-order valence-electron chi connectivity index (χ1n) is 4.42. The average Bonchev–Trinajstić information content (AvgIpc) is 1.84. The van der Waals surface area contributed by atoms with E-state index < -0.39 is 0 Å². The molecule has 0 radical (unpaired) electrons. The SMILES string of the molecule is CC(O)N(C)BC1(C)CCC1. The smallest absolute Gasteiger partial charge is 0.213 e. The summed E-state index contributed by atoms with van der Waals surface area (Å²) in [5, 5.41) is 9.72. The monoisotopic (exact) mass is 155 g/mol. The summed E-state index contributed by atoms with van der Waals surface area (Å²) in [6.07, 6.45) is 3.71. The summed E-state index contributed by atoms with van der Waals surface area (Å²) in [5.41, 5.74) is 0. The van der Waals surface area contributed by atoms with Crippen molar-refractivity contribution < 1.29 is 5.11 Å². The standard InChI is InChI=1S/C8H18BNO/c1-7(11)10(3)9-8(2)5-4-6-8/h7,9,11H,4-6H2,1-3H3. The number of aliphatic hydroxyl groups is 1. The molecular formula is C8H18BNO. The highest BCUT2D eigenvalue weighted by molar-refractivity contribution is 6.37. The molecule has 0 bridgehead atoms. The first kappa shape index (κ1) is 9.08. The molecule has 0 spiro atoms. The Labute approximate surface area is 69.9 Å². The molecule has 1 saturated carbocycles. The summed E-state index contributed by atoms with van der Waals surface area (Å²) in [5.74, 6) is 0. The van der Waals surface area contributed by atoms with Crippen LogP contribution in [-0.2, 0) is 0 Å². The van der Waals surface area contributed by atoms with Gasteiger partial charge in [0.1, 0.15) is 0 Å². The van der Waals surface area contributed by atoms with Gasteiger partial charge in [-0.3, -0.25) is 0 Å². The quantitative estimate of drug-likeness (QED) is 0.484. The molecule has 3 heteroatoms. The molecule has 0 aromatic heterocycles. The van der Waals surface area contributed by atoms with E-state index in [2.05, 4.69) is 6.92 Å². The Morgan fingerprint density at radius 2 is 2.09 bits per heavy atom. The van der Waals surface area contributed by atoms with Crippen LogP contribution in [0.3, 0.4) is 0 Å². The minimum absolute atomic E-state index is 0.299. The van der Waals surface area contributed by atoms with Crippen molar-refractivity contribution in [3.8, 4) is 0 Å². The molecule has 1 unspecified atom stereocenters. The molecule has 1 fully saturated rings. The van der Waals surface area contributed by atoms with E-state index in [1.54, 1.807) is 0 Å². The molecule has 0 aromatic rings. The van der Waals surface area contributed by atoms with E-state index in [1.165, 1.54) is 19.3 Å². The van der Waals surface area contributed by atoms with E-state index in [0.717, 1.165) is 7.41 Å². The van der Waals surface area contributed by atoms with Crippen LogP contribution in [0.2, 0.25) is 5.31 Å². The van der Waals surface area contributed by atoms with Crippen molar-refractivity contribution in [3.63, 3.8) is 0 Å². The predicted octanol–water partition coefficient (Wildman–Crippen LogP) is 0.971. The van der Waals surface area contributed by atoms with Crippen molar-refractivity contribution in [2.45, 2.75) is 44.7 Å². The number of rotatable bonds is 3. The van der Waals surface area contributed by atoms with Crippen LogP contribution in [-0.4, -0.2) is 30.6 Å². The number of aliphatic hydroxyl groups excluding tert-OH is 1. The Morgan fingerprint density at radius 1 is 1.55 bits per heavy atom. The van der Waals surface area contributed by atoms with Gasteiger partial charge < -0.3 is 9.92 Å². The molecule has 2 nitrogen and oxygen atoms in total. The van der Waals surface area contributed by atoms with Crippen LogP contribution >= 0.6 is 0 Å². The lowest BCUT2D eigenvalue weighted by molar-refractivity contribution is 0.0905. The zero-order chi connectivity index (χ0) is 8.48. The summed E-state index contributed by atoms with van der Waals surface area (Å²) in [7, 11) is 3.01. The minimum Gasteiger partial charge on any atom is -0.380 e. The van der Waals surface area contributed by atoms with Crippen LogP contribution in [0.25, 0.3) is 0 Å². The Balaban J connectivity index is 2.29. The van der Waals surface area contributed by atoms with E-state index in [0.29, 0.717) is 5.31 Å². The number of nitrogens with zero attached hydrogens (tertiary/aromatic N) is 1. The van der Waals surface area contributed by atoms with E-state index in [4.69, 9.17) is 0 Å². The number of hydrogen-bond acceptors (Lipinski definition) is 2. The Kier molecular flexibility index (Phi) is 2.60. The van der Waals surface area contributed by atoms with E-state index in [1.807, 2.05) is 18.8 Å². The second-order valence-corrected chi connectivity index (χ2v) is 4.21. The normalized spacial score (nSPS) is 24.5. The van der Waals surface area contributed by atoms with Crippen LogP contribution in [0.15, 0.2) is 0 Å². The van der Waals surface area contributed by atoms with Crippen molar-refractivity contribution in [1.29, 1.82) is 0 Å². The zero-order valence-corrected chi connectivity index (χ0v) is 7.80. The lowest BCUT2D eigenvalue weighted by Crippen LogP contribution is -2.41. The highest BCUT2D eigenvalue weighted by Gasteiger charge is 2.34. The Bertz CT molecular complexity index is 134. The molecular weight excluding hydrogens is 137 g/mol. The summed E-state index contributed by atoms with van der Waals surface area (Å²) < 4.78 is 0. The van der Waals surface area contributed by atoms with Crippen molar-refractivity contribution >= 4 is 7.41 Å². The molecule has 1 aliphatic carbocycles. The van der Waals surface area contributed by atoms with Crippen molar-refractivity contribution in [1.82, 2.24) is 4.81 Å². The second-order valence-electron chi connectivity index (χ2n) is 4.21. The van der Waals surface area contributed by atoms with Crippen LogP contribution in [0, 0.1) is 0 Å². The zero-order valence-electron chi connectivity index (χ0n) is 7.80. The van der Waals surface area contributed by atoms with Gasteiger partial charge in [-0.25, -0.2) is 0 Å². The van der Waals surface area contributed by atoms with Gasteiger partial charge in [0.15, 0.2) is 0 Å². The fraction of sp³-hybridized carbons (Fsp3) is 1.00. The van der Waals surface area contributed by atoms with Gasteiger partial charge in [0.2, 0.25) is 7.41 Å². The topological polar surface area (TPSA) is 23.5 Å². The fourth-order valence-corrected chi connectivity index (χ4v) is 1.67. The molecule has 0 aromatic carbocycles. The minimum atomic E-state index is -0.299. The summed E-state index contributed by atoms with van der Waals surface area (Å²) in [6.45, 7) is 4.12. The van der Waals surface area contributed by atoms with Gasteiger partial charge in [-0.1, -0.05) is 26.2 Å². The van der Waals surface area contributed by atoms with Gasteiger partial charge in [-0.2, -0.15) is 0 Å². The lowest BCUT2D eigenvalue weighted by Gasteiger charge is -2.40. The molecule has 11 heavy (non-hydrogen) atoms. The molecule has 0 heterocycles. The highest BCUT2D eigenvalue weighted by atomic mass is 16.3. The van der Waals surface area contributed by atoms with Crippen LogP contribution < -0.4 is 0 Å². The first-order chi connectivity index (χ1) is 5.03. The van der Waals surface area contributed by atoms with E-state index >= 15 is 0 Å². The second kappa shape index (κ2) is 3.15. The van der Waals surface area contributed by atoms with Gasteiger partial charge >= 0.3 is 0 Å². The third kappa shape index (κ3) is 2.21. The molecule has 0 saturated heterocycles. The molecule has 1 aliphatic rings. The van der Waals surface area contributed by atoms with Crippen molar-refractivity contribution in [2.75, 3.05) is 7.05 Å². The van der Waals surface area contributed by atoms with Gasteiger partial charge in [0.25, 0.3) is 0 Å². The van der Waals surface area contributed by atoms with E-state index in [-0.39, 0.29) is 6.23 Å². The Morgan fingerprint density at radius 3 is 2.36 bits per heavy atom. The number of hydrogen-bond donors (Lipinski definition) is 1. The Hall–Kier alpha value is -0.0151. The fourth-order valence-electron chi connectivity index (χ4n) is 1.67. The van der Waals surface area contributed by atoms with Crippen LogP contribution in [0.1, 0.15) is 33.1 Å². The van der Waals surface area contributed by atoms with Crippen LogP contribution in [0.4, 0.5) is 0 Å². The molecule has 0 amide bonds. The van der Waals surface area contributed by atoms with Gasteiger partial charge in [0.05, 0.1) is 6.23 Å². The van der Waals surface area contributed by atoms with Crippen molar-refractivity contribution in [3.05, 3.63) is 0 Å². The van der Waals surface area contributed by atoms with Crippen LogP contribution in [0.5, 0.6) is 0 Å². The van der Waals surface area contributed by atoms with Crippen molar-refractivity contribution in [2.24, 2.45) is 0 Å². The van der Waals surface area contributed by atoms with E-state index in [9.17, 15) is 5.11 Å². The predicted molar refractivity (Wildman–Crippen MR) is 48.8 cm³/mol. The summed E-state index contributed by atoms with van der Waals surface area (Å²) in [4.78, 5) is 2.01. The maximum atomic E-state index is 9.23. The first-order valence-corrected chi connectivity index (χ1v) is 4.42. The summed E-state index contributed by atoms with van der Waals surface area (Å²) in [6, 6.07) is 0. The maximum Gasteiger partial charge on any atom is 0.213 e. The largest absolute Gasteiger partial charge is 0.380 e. The molecule has 1 N–H and O–H groups in total. The summed E-state index contributed by atoms with van der Waals surface area (Å²) >= 11 is 0. The molecule has 0 aliphatic heterocycles. The average molecular weight is 155 g/mol. The third-order valence-electron chi connectivity index (χ3n) is 2.83. The lowest BCUT2D eigenvalue weighted by atomic mass is 9.49. The molecule has 1 rings (SSSR count). The highest BCUT2D eigenvalue weighted by Crippen LogP contribution is 2.46. The molecule has 64 valence electrons.